The van der Waals surface area contributed by atoms with Crippen molar-refractivity contribution in [3.8, 4) is 5.75 Å². The van der Waals surface area contributed by atoms with Gasteiger partial charge in [0.1, 0.15) is 5.75 Å². The Balaban J connectivity index is 1.70. The number of aliphatic carboxylic acids is 1. The van der Waals surface area contributed by atoms with Gasteiger partial charge in [0, 0.05) is 6.21 Å². The van der Waals surface area contributed by atoms with Crippen LogP contribution < -0.4 is 4.74 Å². The molecule has 0 spiro atoms. The molecule has 0 aliphatic heterocycles. The van der Waals surface area contributed by atoms with Gasteiger partial charge >= 0.3 is 5.97 Å². The molecule has 0 saturated heterocycles. The van der Waals surface area contributed by atoms with Crippen molar-refractivity contribution in [1.82, 2.24) is 4.98 Å². The summed E-state index contributed by atoms with van der Waals surface area (Å²) in [5, 5.41) is 9.25. The summed E-state index contributed by atoms with van der Waals surface area (Å²) in [7, 11) is 0. The molecule has 2 aromatic carbocycles. The second-order valence-corrected chi connectivity index (χ2v) is 5.48. The van der Waals surface area contributed by atoms with Gasteiger partial charge in [-0.15, -0.1) is 0 Å². The average molecular weight is 312 g/mol. The molecule has 3 aromatic rings. The Labute approximate surface area is 130 Å². The van der Waals surface area contributed by atoms with E-state index in [4.69, 9.17) is 9.84 Å². The molecule has 0 radical (unpaired) electrons. The first kappa shape index (κ1) is 14.2. The Kier molecular flexibility index (Phi) is 4.11. The SMILES string of the molecule is O=C(O)COc1ccc(/C=N/c2nc3ccccc3s2)cc1. The predicted octanol–water partition coefficient (Wildman–Crippen LogP) is 3.51. The topological polar surface area (TPSA) is 71.8 Å². The van der Waals surface area contributed by atoms with E-state index in [1.807, 2.05) is 36.4 Å². The average Bonchev–Trinajstić information content (AvgIpc) is 2.95. The summed E-state index contributed by atoms with van der Waals surface area (Å²) in [6.07, 6.45) is 1.72. The third-order valence-corrected chi connectivity index (χ3v) is 3.79. The number of rotatable bonds is 5. The van der Waals surface area contributed by atoms with Crippen LogP contribution in [0.1, 0.15) is 5.56 Å². The molecule has 0 atom stereocenters. The number of aliphatic imine (C=N–C) groups is 1. The largest absolute Gasteiger partial charge is 0.482 e. The number of carbonyl (C=O) groups is 1. The highest BCUT2D eigenvalue weighted by Gasteiger charge is 2.01. The number of fused-ring (bicyclic) bond motifs is 1. The number of hydrogen-bond acceptors (Lipinski definition) is 5. The number of ether oxygens (including phenoxy) is 1. The number of carboxylic acids is 1. The van der Waals surface area contributed by atoms with Gasteiger partial charge in [0.05, 0.1) is 10.2 Å². The van der Waals surface area contributed by atoms with Gasteiger partial charge in [-0.1, -0.05) is 23.5 Å². The molecule has 6 heteroatoms. The summed E-state index contributed by atoms with van der Waals surface area (Å²) in [5.74, 6) is -0.485. The van der Waals surface area contributed by atoms with Crippen LogP contribution in [0.2, 0.25) is 0 Å². The first-order valence-corrected chi connectivity index (χ1v) is 7.37. The van der Waals surface area contributed by atoms with E-state index in [0.717, 1.165) is 15.8 Å². The molecule has 0 bridgehead atoms. The zero-order chi connectivity index (χ0) is 15.4. The second kappa shape index (κ2) is 6.36. The lowest BCUT2D eigenvalue weighted by Crippen LogP contribution is -2.09. The van der Waals surface area contributed by atoms with Crippen molar-refractivity contribution >= 4 is 38.9 Å². The summed E-state index contributed by atoms with van der Waals surface area (Å²) in [6.45, 7) is -0.348. The summed E-state index contributed by atoms with van der Waals surface area (Å²) in [5.41, 5.74) is 1.83. The maximum Gasteiger partial charge on any atom is 0.341 e. The maximum atomic E-state index is 10.4. The van der Waals surface area contributed by atoms with E-state index in [1.165, 1.54) is 11.3 Å². The Bertz CT molecular complexity index is 792. The van der Waals surface area contributed by atoms with E-state index in [1.54, 1.807) is 18.3 Å². The zero-order valence-electron chi connectivity index (χ0n) is 11.5. The van der Waals surface area contributed by atoms with Crippen molar-refractivity contribution in [3.63, 3.8) is 0 Å². The van der Waals surface area contributed by atoms with Crippen LogP contribution in [-0.4, -0.2) is 28.9 Å². The lowest BCUT2D eigenvalue weighted by Gasteiger charge is -2.02. The van der Waals surface area contributed by atoms with Crippen molar-refractivity contribution in [2.24, 2.45) is 4.99 Å². The first-order chi connectivity index (χ1) is 10.7. The molecular weight excluding hydrogens is 300 g/mol. The van der Waals surface area contributed by atoms with Crippen LogP contribution in [0.4, 0.5) is 5.13 Å². The fraction of sp³-hybridized carbons (Fsp3) is 0.0625. The first-order valence-electron chi connectivity index (χ1n) is 6.55. The van der Waals surface area contributed by atoms with Gasteiger partial charge in [-0.05, 0) is 42.0 Å². The minimum Gasteiger partial charge on any atom is -0.482 e. The molecule has 0 amide bonds. The molecule has 110 valence electrons. The molecule has 0 unspecified atom stereocenters. The van der Waals surface area contributed by atoms with Crippen molar-refractivity contribution in [2.75, 3.05) is 6.61 Å². The third-order valence-electron chi connectivity index (χ3n) is 2.85. The molecule has 1 N–H and O–H groups in total. The number of nitrogens with zero attached hydrogens (tertiary/aromatic N) is 2. The standard InChI is InChI=1S/C16H12N2O3S/c19-15(20)10-21-12-7-5-11(6-8-12)9-17-16-18-13-3-1-2-4-14(13)22-16/h1-9H,10H2,(H,19,20)/b17-9+. The molecule has 0 fully saturated rings. The smallest absolute Gasteiger partial charge is 0.341 e. The van der Waals surface area contributed by atoms with Crippen LogP contribution in [0.5, 0.6) is 5.75 Å². The Morgan fingerprint density at radius 2 is 2.00 bits per heavy atom. The quantitative estimate of drug-likeness (QED) is 0.732. The Morgan fingerprint density at radius 1 is 1.23 bits per heavy atom. The molecule has 0 saturated carbocycles. The maximum absolute atomic E-state index is 10.4. The molecular formula is C16H12N2O3S. The van der Waals surface area contributed by atoms with Gasteiger partial charge < -0.3 is 9.84 Å². The van der Waals surface area contributed by atoms with E-state index < -0.39 is 5.97 Å². The fourth-order valence-corrected chi connectivity index (χ4v) is 2.65. The molecule has 1 aromatic heterocycles. The Hall–Kier alpha value is -2.73. The molecule has 3 rings (SSSR count). The van der Waals surface area contributed by atoms with Gasteiger partial charge in [0.25, 0.3) is 0 Å². The monoisotopic (exact) mass is 312 g/mol. The van der Waals surface area contributed by atoms with Crippen LogP contribution in [0.25, 0.3) is 10.2 Å². The molecule has 1 heterocycles. The predicted molar refractivity (Wildman–Crippen MR) is 86.4 cm³/mol. The summed E-state index contributed by atoms with van der Waals surface area (Å²) < 4.78 is 6.17. The van der Waals surface area contributed by atoms with E-state index in [0.29, 0.717) is 10.9 Å². The number of carboxylic acid groups (broad SMARTS) is 1. The van der Waals surface area contributed by atoms with Crippen molar-refractivity contribution in [3.05, 3.63) is 54.1 Å². The molecule has 5 nitrogen and oxygen atoms in total. The van der Waals surface area contributed by atoms with Crippen LogP contribution in [0.3, 0.4) is 0 Å². The number of thiazole rings is 1. The summed E-state index contributed by atoms with van der Waals surface area (Å²) in [6, 6.07) is 14.9. The highest BCUT2D eigenvalue weighted by Crippen LogP contribution is 2.27. The van der Waals surface area contributed by atoms with Crippen molar-refractivity contribution in [1.29, 1.82) is 0 Å². The van der Waals surface area contributed by atoms with Gasteiger partial charge in [-0.2, -0.15) is 0 Å². The normalized spacial score (nSPS) is 11.1. The summed E-state index contributed by atoms with van der Waals surface area (Å²) in [4.78, 5) is 19.2. The van der Waals surface area contributed by atoms with Crippen LogP contribution in [0.15, 0.2) is 53.5 Å². The van der Waals surface area contributed by atoms with Crippen molar-refractivity contribution < 1.29 is 14.6 Å². The minimum absolute atomic E-state index is 0.348. The fourth-order valence-electron chi connectivity index (χ4n) is 1.84. The second-order valence-electron chi connectivity index (χ2n) is 4.47. The molecule has 22 heavy (non-hydrogen) atoms. The van der Waals surface area contributed by atoms with E-state index in [2.05, 4.69) is 9.98 Å². The number of benzene rings is 2. The number of hydrogen-bond donors (Lipinski definition) is 1. The van der Waals surface area contributed by atoms with Crippen LogP contribution >= 0.6 is 11.3 Å². The van der Waals surface area contributed by atoms with E-state index in [-0.39, 0.29) is 6.61 Å². The molecule has 0 aliphatic carbocycles. The van der Waals surface area contributed by atoms with Gasteiger partial charge in [0.2, 0.25) is 5.13 Å². The van der Waals surface area contributed by atoms with Gasteiger partial charge in [-0.3, -0.25) is 0 Å². The number of para-hydroxylation sites is 1. The number of aromatic nitrogens is 1. The van der Waals surface area contributed by atoms with Gasteiger partial charge in [-0.25, -0.2) is 14.8 Å². The highest BCUT2D eigenvalue weighted by atomic mass is 32.1. The molecule has 0 aliphatic rings. The van der Waals surface area contributed by atoms with E-state index >= 15 is 0 Å². The van der Waals surface area contributed by atoms with Crippen LogP contribution in [0, 0.1) is 0 Å². The van der Waals surface area contributed by atoms with Gasteiger partial charge in [0.15, 0.2) is 6.61 Å². The lowest BCUT2D eigenvalue weighted by molar-refractivity contribution is -0.139. The minimum atomic E-state index is -0.999. The Morgan fingerprint density at radius 3 is 2.73 bits per heavy atom. The zero-order valence-corrected chi connectivity index (χ0v) is 12.3. The third kappa shape index (κ3) is 3.48. The lowest BCUT2D eigenvalue weighted by atomic mass is 10.2. The van der Waals surface area contributed by atoms with E-state index in [9.17, 15) is 4.79 Å². The summed E-state index contributed by atoms with van der Waals surface area (Å²) >= 11 is 1.53. The van der Waals surface area contributed by atoms with Crippen LogP contribution in [-0.2, 0) is 4.79 Å². The van der Waals surface area contributed by atoms with Crippen molar-refractivity contribution in [2.45, 2.75) is 0 Å². The highest BCUT2D eigenvalue weighted by molar-refractivity contribution is 7.22.